The standard InChI is InChI=1S/C17H11N3O4S2/c1-24-9-2-3-11-13(5-9)26-17-18-8(6-19(11)17)4-10-14(21)20-12(16(22)23)7-25-15(10)20/h2-7,15H,1H3,(H,22,23)/b10-4-/t15-/m1/s1. The second-order valence-corrected chi connectivity index (χ2v) is 7.79. The van der Waals surface area contributed by atoms with E-state index in [4.69, 9.17) is 9.84 Å². The molecule has 1 aromatic carbocycles. The van der Waals surface area contributed by atoms with Gasteiger partial charge in [-0.2, -0.15) is 0 Å². The highest BCUT2D eigenvalue weighted by atomic mass is 32.2. The molecule has 0 saturated carbocycles. The third-order valence-electron chi connectivity index (χ3n) is 4.38. The molecule has 1 fully saturated rings. The Bertz CT molecular complexity index is 1170. The molecular weight excluding hydrogens is 374 g/mol. The number of hydrogen-bond donors (Lipinski definition) is 1. The number of carboxylic acid groups (broad SMARTS) is 1. The predicted molar refractivity (Wildman–Crippen MR) is 99.0 cm³/mol. The minimum atomic E-state index is -1.09. The summed E-state index contributed by atoms with van der Waals surface area (Å²) in [6, 6.07) is 5.84. The maximum Gasteiger partial charge on any atom is 0.353 e. The minimum Gasteiger partial charge on any atom is -0.497 e. The summed E-state index contributed by atoms with van der Waals surface area (Å²) in [5.74, 6) is -0.569. The third kappa shape index (κ3) is 2.04. The number of fused-ring (bicyclic) bond motifs is 4. The average Bonchev–Trinajstić information content (AvgIpc) is 3.29. The van der Waals surface area contributed by atoms with Crippen molar-refractivity contribution in [3.05, 3.63) is 46.8 Å². The molecule has 9 heteroatoms. The molecule has 0 aliphatic carbocycles. The Morgan fingerprint density at radius 3 is 3.04 bits per heavy atom. The molecule has 1 saturated heterocycles. The van der Waals surface area contributed by atoms with Crippen molar-refractivity contribution in [2.24, 2.45) is 0 Å². The van der Waals surface area contributed by atoms with Crippen LogP contribution < -0.4 is 4.74 Å². The first kappa shape index (κ1) is 15.5. The number of β-lactam (4-membered cyclic amide) rings is 1. The van der Waals surface area contributed by atoms with Crippen molar-refractivity contribution < 1.29 is 19.4 Å². The summed E-state index contributed by atoms with van der Waals surface area (Å²) in [7, 11) is 1.63. The Morgan fingerprint density at radius 1 is 1.42 bits per heavy atom. The van der Waals surface area contributed by atoms with Gasteiger partial charge < -0.3 is 9.84 Å². The van der Waals surface area contributed by atoms with Gasteiger partial charge in [-0.15, -0.1) is 11.8 Å². The number of thioether (sulfide) groups is 1. The summed E-state index contributed by atoms with van der Waals surface area (Å²) in [4.78, 5) is 30.1. The van der Waals surface area contributed by atoms with Gasteiger partial charge in [-0.1, -0.05) is 11.3 Å². The molecule has 0 radical (unpaired) electrons. The van der Waals surface area contributed by atoms with E-state index in [1.165, 1.54) is 22.1 Å². The molecule has 0 spiro atoms. The molecule has 4 heterocycles. The number of thiazole rings is 1. The van der Waals surface area contributed by atoms with Crippen molar-refractivity contribution in [3.63, 3.8) is 0 Å². The number of aliphatic carboxylic acids is 1. The van der Waals surface area contributed by atoms with Crippen LogP contribution in [0.2, 0.25) is 0 Å². The summed E-state index contributed by atoms with van der Waals surface area (Å²) >= 11 is 2.87. The fourth-order valence-corrected chi connectivity index (χ4v) is 5.28. The van der Waals surface area contributed by atoms with Gasteiger partial charge in [0.05, 0.1) is 28.6 Å². The second kappa shape index (κ2) is 5.36. The van der Waals surface area contributed by atoms with Crippen molar-refractivity contribution in [2.75, 3.05) is 7.11 Å². The second-order valence-electron chi connectivity index (χ2n) is 5.83. The smallest absolute Gasteiger partial charge is 0.353 e. The van der Waals surface area contributed by atoms with Gasteiger partial charge in [0.1, 0.15) is 16.8 Å². The van der Waals surface area contributed by atoms with Crippen molar-refractivity contribution in [3.8, 4) is 5.75 Å². The number of aromatic nitrogens is 2. The number of rotatable bonds is 3. The van der Waals surface area contributed by atoms with E-state index in [0.29, 0.717) is 11.3 Å². The number of nitrogens with zero attached hydrogens (tertiary/aromatic N) is 3. The fraction of sp³-hybridized carbons (Fsp3) is 0.118. The number of ether oxygens (including phenoxy) is 1. The van der Waals surface area contributed by atoms with E-state index in [9.17, 15) is 9.59 Å². The molecule has 0 bridgehead atoms. The van der Waals surface area contributed by atoms with Crippen LogP contribution in [-0.2, 0) is 9.59 Å². The third-order valence-corrected chi connectivity index (χ3v) is 6.48. The number of imidazole rings is 1. The Balaban J connectivity index is 1.50. The lowest BCUT2D eigenvalue weighted by atomic mass is 10.0. The zero-order valence-corrected chi connectivity index (χ0v) is 15.0. The topological polar surface area (TPSA) is 84.1 Å². The van der Waals surface area contributed by atoms with E-state index in [-0.39, 0.29) is 17.0 Å². The molecule has 2 aromatic heterocycles. The first-order valence-electron chi connectivity index (χ1n) is 7.66. The fourth-order valence-electron chi connectivity index (χ4n) is 3.12. The number of carbonyl (C=O) groups is 2. The van der Waals surface area contributed by atoms with Crippen LogP contribution in [0.15, 0.2) is 41.1 Å². The molecule has 2 aliphatic heterocycles. The highest BCUT2D eigenvalue weighted by Gasteiger charge is 2.49. The van der Waals surface area contributed by atoms with Crippen LogP contribution in [0.3, 0.4) is 0 Å². The Morgan fingerprint density at radius 2 is 2.27 bits per heavy atom. The SMILES string of the molecule is COc1ccc2c(c1)sc1nc(/C=C3/C(=O)N4C(C(=O)O)=CS[C@H]34)cn12. The molecule has 0 unspecified atom stereocenters. The summed E-state index contributed by atoms with van der Waals surface area (Å²) in [5, 5.41) is 10.4. The number of carbonyl (C=O) groups excluding carboxylic acids is 1. The molecule has 3 aromatic rings. The van der Waals surface area contributed by atoms with E-state index in [1.54, 1.807) is 24.5 Å². The number of benzene rings is 1. The van der Waals surface area contributed by atoms with E-state index in [1.807, 2.05) is 28.8 Å². The Labute approximate surface area is 155 Å². The lowest BCUT2D eigenvalue weighted by molar-refractivity contribution is -0.141. The molecular formula is C17H11N3O4S2. The molecule has 1 amide bonds. The van der Waals surface area contributed by atoms with Gasteiger partial charge in [-0.05, 0) is 24.3 Å². The molecule has 7 nitrogen and oxygen atoms in total. The molecule has 130 valence electrons. The number of hydrogen-bond acceptors (Lipinski definition) is 6. The van der Waals surface area contributed by atoms with Crippen LogP contribution in [0.1, 0.15) is 5.69 Å². The van der Waals surface area contributed by atoms with Crippen LogP contribution in [-0.4, -0.2) is 43.8 Å². The van der Waals surface area contributed by atoms with Crippen LogP contribution in [0.4, 0.5) is 0 Å². The summed E-state index contributed by atoms with van der Waals surface area (Å²) in [5.41, 5.74) is 2.31. The maximum absolute atomic E-state index is 12.3. The number of methoxy groups -OCH3 is 1. The van der Waals surface area contributed by atoms with E-state index in [2.05, 4.69) is 4.98 Å². The zero-order valence-electron chi connectivity index (χ0n) is 13.4. The lowest BCUT2D eigenvalue weighted by Gasteiger charge is -2.36. The molecule has 26 heavy (non-hydrogen) atoms. The first-order valence-corrected chi connectivity index (χ1v) is 9.42. The normalized spacial score (nSPS) is 20.6. The molecule has 2 aliphatic rings. The van der Waals surface area contributed by atoms with Crippen molar-refractivity contribution in [2.45, 2.75) is 5.37 Å². The number of carboxylic acids is 1. The summed E-state index contributed by atoms with van der Waals surface area (Å²) in [6.07, 6.45) is 3.62. The van der Waals surface area contributed by atoms with Crippen LogP contribution >= 0.6 is 23.1 Å². The zero-order chi connectivity index (χ0) is 18.0. The van der Waals surface area contributed by atoms with Crippen LogP contribution in [0.25, 0.3) is 21.3 Å². The van der Waals surface area contributed by atoms with Crippen LogP contribution in [0, 0.1) is 0 Å². The van der Waals surface area contributed by atoms with Gasteiger partial charge in [0, 0.05) is 11.6 Å². The lowest BCUT2D eigenvalue weighted by Crippen LogP contribution is -2.51. The highest BCUT2D eigenvalue weighted by molar-refractivity contribution is 8.03. The first-order chi connectivity index (χ1) is 12.6. The molecule has 1 N–H and O–H groups in total. The largest absolute Gasteiger partial charge is 0.497 e. The maximum atomic E-state index is 12.3. The van der Waals surface area contributed by atoms with Gasteiger partial charge in [-0.25, -0.2) is 9.78 Å². The van der Waals surface area contributed by atoms with Crippen molar-refractivity contribution >= 4 is 56.2 Å². The van der Waals surface area contributed by atoms with Gasteiger partial charge in [0.2, 0.25) is 0 Å². The monoisotopic (exact) mass is 385 g/mol. The van der Waals surface area contributed by atoms with Gasteiger partial charge >= 0.3 is 5.97 Å². The van der Waals surface area contributed by atoms with Gasteiger partial charge in [-0.3, -0.25) is 14.1 Å². The molecule has 5 rings (SSSR count). The molecule has 1 atom stereocenters. The summed E-state index contributed by atoms with van der Waals surface area (Å²) < 4.78 is 8.30. The van der Waals surface area contributed by atoms with Crippen LogP contribution in [0.5, 0.6) is 5.75 Å². The number of amides is 1. The minimum absolute atomic E-state index is 0.0351. The highest BCUT2D eigenvalue weighted by Crippen LogP contribution is 2.45. The average molecular weight is 385 g/mol. The van der Waals surface area contributed by atoms with Crippen molar-refractivity contribution in [1.82, 2.24) is 14.3 Å². The van der Waals surface area contributed by atoms with E-state index in [0.717, 1.165) is 20.9 Å². The summed E-state index contributed by atoms with van der Waals surface area (Å²) in [6.45, 7) is 0. The van der Waals surface area contributed by atoms with E-state index < -0.39 is 5.97 Å². The van der Waals surface area contributed by atoms with E-state index >= 15 is 0 Å². The van der Waals surface area contributed by atoms with Gasteiger partial charge in [0.25, 0.3) is 5.91 Å². The predicted octanol–water partition coefficient (Wildman–Crippen LogP) is 2.78. The quantitative estimate of drug-likeness (QED) is 0.551. The Kier molecular flexibility index (Phi) is 3.19. The van der Waals surface area contributed by atoms with Crippen molar-refractivity contribution in [1.29, 1.82) is 0 Å². The van der Waals surface area contributed by atoms with Gasteiger partial charge in [0.15, 0.2) is 4.96 Å². The Hall–Kier alpha value is -2.78.